The molecule has 3 aliphatic heterocycles. The Balaban J connectivity index is 1.42. The van der Waals surface area contributed by atoms with E-state index in [4.69, 9.17) is 26.2 Å². The fourth-order valence-corrected chi connectivity index (χ4v) is 4.56. The number of benzene rings is 2. The number of hydrogen-bond acceptors (Lipinski definition) is 8. The second-order valence-electron chi connectivity index (χ2n) is 7.45. The molecule has 0 amide bonds. The standard InChI is InChI=1S/C23H21ClN4O4S/c24-21-16(13-4-5-18-19(8-13)32-7-6-31-18)2-1-3-17(21)27-23-22-20(33-28-23)9-14(10-26-22)25-11-15(30)12-29/h1-5,8-10,15,27-30H,6-7,11-12H2. The molecule has 33 heavy (non-hydrogen) atoms. The Bertz CT molecular complexity index is 1320. The van der Waals surface area contributed by atoms with Crippen molar-refractivity contribution in [2.45, 2.75) is 6.10 Å². The van der Waals surface area contributed by atoms with Crippen LogP contribution in [0.4, 0.5) is 11.5 Å². The number of rotatable bonds is 6. The predicted octanol–water partition coefficient (Wildman–Crippen LogP) is 3.67. The van der Waals surface area contributed by atoms with Gasteiger partial charge in [-0.15, -0.1) is 0 Å². The number of pyridine rings is 1. The molecule has 0 aromatic heterocycles. The summed E-state index contributed by atoms with van der Waals surface area (Å²) >= 11 is 8.19. The van der Waals surface area contributed by atoms with Crippen LogP contribution in [0.15, 0.2) is 53.7 Å². The van der Waals surface area contributed by atoms with Gasteiger partial charge in [0.2, 0.25) is 0 Å². The molecule has 0 spiro atoms. The van der Waals surface area contributed by atoms with Crippen LogP contribution in [0.3, 0.4) is 0 Å². The Kier molecular flexibility index (Phi) is 6.19. The van der Waals surface area contributed by atoms with Crippen LogP contribution in [0.25, 0.3) is 21.7 Å². The fourth-order valence-electron chi connectivity index (χ4n) is 3.49. The summed E-state index contributed by atoms with van der Waals surface area (Å²) in [6.07, 6.45) is 0.752. The van der Waals surface area contributed by atoms with E-state index in [2.05, 4.69) is 19.7 Å². The van der Waals surface area contributed by atoms with E-state index in [1.54, 1.807) is 6.20 Å². The molecule has 0 bridgehead atoms. The zero-order valence-corrected chi connectivity index (χ0v) is 19.0. The van der Waals surface area contributed by atoms with E-state index in [0.717, 1.165) is 39.0 Å². The maximum atomic E-state index is 9.49. The molecular weight excluding hydrogens is 464 g/mol. The first-order valence-corrected chi connectivity index (χ1v) is 11.5. The van der Waals surface area contributed by atoms with Crippen LogP contribution in [0.2, 0.25) is 5.02 Å². The van der Waals surface area contributed by atoms with Gasteiger partial charge in [0.05, 0.1) is 46.4 Å². The summed E-state index contributed by atoms with van der Waals surface area (Å²) in [4.78, 5) is 9.67. The van der Waals surface area contributed by atoms with E-state index in [1.807, 2.05) is 42.5 Å². The summed E-state index contributed by atoms with van der Waals surface area (Å²) in [6.45, 7) is 0.862. The molecule has 0 aliphatic carbocycles. The van der Waals surface area contributed by atoms with Gasteiger partial charge >= 0.3 is 0 Å². The summed E-state index contributed by atoms with van der Waals surface area (Å²) in [5, 5.41) is 23.0. The minimum Gasteiger partial charge on any atom is -0.486 e. The summed E-state index contributed by atoms with van der Waals surface area (Å²) < 4.78 is 14.6. The van der Waals surface area contributed by atoms with Crippen LogP contribution >= 0.6 is 23.1 Å². The second-order valence-corrected chi connectivity index (χ2v) is 8.67. The van der Waals surface area contributed by atoms with Gasteiger partial charge in [-0.25, -0.2) is 4.98 Å². The molecule has 0 saturated heterocycles. The summed E-state index contributed by atoms with van der Waals surface area (Å²) in [5.41, 5.74) is 3.29. The van der Waals surface area contributed by atoms with Crippen molar-refractivity contribution >= 4 is 34.6 Å². The van der Waals surface area contributed by atoms with Crippen molar-refractivity contribution in [3.8, 4) is 33.2 Å². The van der Waals surface area contributed by atoms with Gasteiger partial charge in [-0.05, 0) is 29.8 Å². The molecule has 0 radical (unpaired) electrons. The van der Waals surface area contributed by atoms with Gasteiger partial charge in [0.15, 0.2) is 11.5 Å². The van der Waals surface area contributed by atoms with Crippen LogP contribution in [0, 0.1) is 0 Å². The van der Waals surface area contributed by atoms with Crippen molar-refractivity contribution in [3.63, 3.8) is 0 Å². The number of aliphatic hydroxyl groups excluding tert-OH is 2. The highest BCUT2D eigenvalue weighted by Crippen LogP contribution is 2.41. The van der Waals surface area contributed by atoms with Crippen molar-refractivity contribution < 1.29 is 19.7 Å². The van der Waals surface area contributed by atoms with Crippen molar-refractivity contribution in [2.24, 2.45) is 4.99 Å². The molecule has 2 aromatic rings. The molecule has 170 valence electrons. The lowest BCUT2D eigenvalue weighted by Gasteiger charge is -2.19. The van der Waals surface area contributed by atoms with Crippen molar-refractivity contribution in [2.75, 3.05) is 31.7 Å². The number of halogens is 1. The molecule has 1 atom stereocenters. The molecule has 5 rings (SSSR count). The molecule has 4 N–H and O–H groups in total. The quantitative estimate of drug-likeness (QED) is 0.332. The predicted molar refractivity (Wildman–Crippen MR) is 128 cm³/mol. The van der Waals surface area contributed by atoms with E-state index in [1.165, 1.54) is 11.5 Å². The van der Waals surface area contributed by atoms with Gasteiger partial charge in [0.1, 0.15) is 24.7 Å². The topological polar surface area (TPSA) is 112 Å². The summed E-state index contributed by atoms with van der Waals surface area (Å²) in [5.74, 6) is 2.17. The average molecular weight is 485 g/mol. The van der Waals surface area contributed by atoms with Crippen LogP contribution in [0.1, 0.15) is 0 Å². The Morgan fingerprint density at radius 2 is 2.03 bits per heavy atom. The maximum absolute atomic E-state index is 9.49. The van der Waals surface area contributed by atoms with E-state index in [9.17, 15) is 5.11 Å². The largest absolute Gasteiger partial charge is 0.486 e. The SMILES string of the molecule is OCC(O)CN=c1cnc2c(Nc3cccc(-c4ccc5c(c4)OCCO5)c3Cl)[nH]sc-2c1. The Morgan fingerprint density at radius 1 is 1.18 bits per heavy atom. The van der Waals surface area contributed by atoms with Gasteiger partial charge in [0, 0.05) is 5.56 Å². The first kappa shape index (κ1) is 21.7. The van der Waals surface area contributed by atoms with E-state index >= 15 is 0 Å². The molecule has 3 aliphatic rings. The molecule has 2 aromatic carbocycles. The van der Waals surface area contributed by atoms with E-state index in [0.29, 0.717) is 29.3 Å². The smallest absolute Gasteiger partial charge is 0.161 e. The number of anilines is 2. The van der Waals surface area contributed by atoms with E-state index in [-0.39, 0.29) is 13.2 Å². The van der Waals surface area contributed by atoms with Crippen LogP contribution in [-0.4, -0.2) is 52.0 Å². The lowest BCUT2D eigenvalue weighted by molar-refractivity contribution is 0.101. The zero-order chi connectivity index (χ0) is 22.8. The van der Waals surface area contributed by atoms with Crippen molar-refractivity contribution in [1.29, 1.82) is 0 Å². The second kappa shape index (κ2) is 9.40. The lowest BCUT2D eigenvalue weighted by Crippen LogP contribution is -2.18. The Labute approximate surface area is 198 Å². The monoisotopic (exact) mass is 484 g/mol. The summed E-state index contributed by atoms with van der Waals surface area (Å²) in [7, 11) is 0. The molecular formula is C23H21ClN4O4S. The lowest BCUT2D eigenvalue weighted by atomic mass is 10.0. The van der Waals surface area contributed by atoms with Gasteiger partial charge in [0.25, 0.3) is 0 Å². The third kappa shape index (κ3) is 4.53. The number of hydrogen-bond donors (Lipinski definition) is 4. The number of H-pyrrole nitrogens is 1. The van der Waals surface area contributed by atoms with Crippen LogP contribution in [-0.2, 0) is 0 Å². The minimum atomic E-state index is -0.878. The van der Waals surface area contributed by atoms with Crippen LogP contribution < -0.4 is 20.1 Å². The number of fused-ring (bicyclic) bond motifs is 2. The average Bonchev–Trinajstić information content (AvgIpc) is 3.25. The zero-order valence-electron chi connectivity index (χ0n) is 17.4. The van der Waals surface area contributed by atoms with E-state index < -0.39 is 6.10 Å². The van der Waals surface area contributed by atoms with Crippen LogP contribution in [0.5, 0.6) is 11.5 Å². The highest BCUT2D eigenvalue weighted by atomic mass is 35.5. The van der Waals surface area contributed by atoms with Gasteiger partial charge < -0.3 is 25.0 Å². The van der Waals surface area contributed by atoms with Gasteiger partial charge in [-0.1, -0.05) is 41.3 Å². The van der Waals surface area contributed by atoms with Gasteiger partial charge in [-0.2, -0.15) is 0 Å². The molecule has 0 fully saturated rings. The van der Waals surface area contributed by atoms with Crippen molar-refractivity contribution in [1.82, 2.24) is 9.36 Å². The molecule has 8 nitrogen and oxygen atoms in total. The number of aromatic amines is 1. The van der Waals surface area contributed by atoms with Crippen molar-refractivity contribution in [3.05, 3.63) is 59.0 Å². The molecule has 1 unspecified atom stereocenters. The highest BCUT2D eigenvalue weighted by molar-refractivity contribution is 7.10. The number of nitrogens with one attached hydrogen (secondary N) is 2. The fraction of sp³-hybridized carbons (Fsp3) is 0.217. The normalized spacial score (nSPS) is 14.5. The molecule has 0 saturated carbocycles. The third-order valence-electron chi connectivity index (χ3n) is 5.15. The molecule has 3 heterocycles. The maximum Gasteiger partial charge on any atom is 0.161 e. The number of nitrogens with zero attached hydrogens (tertiary/aromatic N) is 2. The minimum absolute atomic E-state index is 0.117. The number of ether oxygens (including phenoxy) is 2. The Morgan fingerprint density at radius 3 is 2.88 bits per heavy atom. The first-order chi connectivity index (χ1) is 16.1. The highest BCUT2D eigenvalue weighted by Gasteiger charge is 2.17. The van der Waals surface area contributed by atoms with Gasteiger partial charge in [-0.3, -0.25) is 9.37 Å². The number of aliphatic hydroxyl groups is 2. The summed E-state index contributed by atoms with van der Waals surface area (Å²) in [6, 6.07) is 13.5. The number of aromatic nitrogens is 2. The Hall–Kier alpha value is -3.11. The first-order valence-electron chi connectivity index (χ1n) is 10.3. The third-order valence-corrected chi connectivity index (χ3v) is 6.39. The molecule has 10 heteroatoms.